The molecule has 2 rings (SSSR count). The van der Waals surface area contributed by atoms with E-state index in [-0.39, 0.29) is 0 Å². The van der Waals surface area contributed by atoms with E-state index >= 15 is 0 Å². The number of aromatic nitrogens is 3. The number of sulfonamides is 1. The summed E-state index contributed by atoms with van der Waals surface area (Å²) < 4.78 is 34.3. The minimum atomic E-state index is -3.55. The highest BCUT2D eigenvalue weighted by Crippen LogP contribution is 2.22. The first-order chi connectivity index (χ1) is 9.94. The van der Waals surface area contributed by atoms with Crippen LogP contribution >= 0.6 is 11.3 Å². The van der Waals surface area contributed by atoms with Crippen molar-refractivity contribution in [3.05, 3.63) is 29.2 Å². The Labute approximate surface area is 128 Å². The van der Waals surface area contributed by atoms with Crippen LogP contribution in [-0.4, -0.2) is 36.9 Å². The summed E-state index contributed by atoms with van der Waals surface area (Å²) in [5, 5.41) is 7.81. The molecular formula is C12H18N4O3S2. The quantitative estimate of drug-likeness (QED) is 0.828. The molecular weight excluding hydrogens is 312 g/mol. The zero-order valence-corrected chi connectivity index (χ0v) is 13.7. The number of ether oxygens (including phenoxy) is 1. The van der Waals surface area contributed by atoms with Gasteiger partial charge in [-0.15, -0.1) is 21.5 Å². The van der Waals surface area contributed by atoms with Crippen molar-refractivity contribution in [1.82, 2.24) is 19.5 Å². The van der Waals surface area contributed by atoms with Crippen LogP contribution in [0, 0.1) is 6.92 Å². The Kier molecular flexibility index (Phi) is 5.09. The van der Waals surface area contributed by atoms with E-state index in [4.69, 9.17) is 4.74 Å². The molecule has 0 aliphatic rings. The molecule has 0 spiro atoms. The average molecular weight is 330 g/mol. The molecule has 1 atom stereocenters. The molecule has 2 aromatic rings. The summed E-state index contributed by atoms with van der Waals surface area (Å²) in [7, 11) is -1.94. The zero-order valence-electron chi connectivity index (χ0n) is 12.1. The van der Waals surface area contributed by atoms with Crippen LogP contribution in [0.4, 0.5) is 0 Å². The number of rotatable bonds is 7. The van der Waals surface area contributed by atoms with E-state index in [9.17, 15) is 8.42 Å². The van der Waals surface area contributed by atoms with Crippen molar-refractivity contribution in [1.29, 1.82) is 0 Å². The lowest BCUT2D eigenvalue weighted by Crippen LogP contribution is -2.28. The van der Waals surface area contributed by atoms with E-state index in [1.807, 2.05) is 6.92 Å². The molecule has 0 saturated heterocycles. The molecule has 9 heteroatoms. The van der Waals surface area contributed by atoms with Gasteiger partial charge in [0.05, 0.1) is 12.6 Å². The summed E-state index contributed by atoms with van der Waals surface area (Å²) in [6, 6.07) is 2.91. The van der Waals surface area contributed by atoms with Gasteiger partial charge in [-0.1, -0.05) is 0 Å². The minimum absolute atomic E-state index is 0.301. The van der Waals surface area contributed by atoms with Crippen LogP contribution in [0.1, 0.15) is 23.7 Å². The van der Waals surface area contributed by atoms with Gasteiger partial charge >= 0.3 is 0 Å². The summed E-state index contributed by atoms with van der Waals surface area (Å²) >= 11 is 1.24. The predicted octanol–water partition coefficient (Wildman–Crippen LogP) is 1.33. The molecule has 0 fully saturated rings. The van der Waals surface area contributed by atoms with Gasteiger partial charge in [0.15, 0.2) is 5.82 Å². The van der Waals surface area contributed by atoms with Crippen molar-refractivity contribution in [2.75, 3.05) is 13.7 Å². The molecule has 7 nitrogen and oxygen atoms in total. The monoisotopic (exact) mass is 330 g/mol. The Morgan fingerprint density at radius 2 is 2.24 bits per heavy atom. The molecule has 0 amide bonds. The summed E-state index contributed by atoms with van der Waals surface area (Å²) in [6.45, 7) is 4.69. The molecule has 116 valence electrons. The molecule has 0 saturated carbocycles. The molecule has 0 aliphatic carbocycles. The molecule has 0 aromatic carbocycles. The van der Waals surface area contributed by atoms with E-state index in [0.29, 0.717) is 23.2 Å². The predicted molar refractivity (Wildman–Crippen MR) is 79.7 cm³/mol. The maximum atomic E-state index is 12.3. The Morgan fingerprint density at radius 1 is 1.48 bits per heavy atom. The third kappa shape index (κ3) is 3.88. The Morgan fingerprint density at radius 3 is 2.86 bits per heavy atom. The largest absolute Gasteiger partial charge is 0.383 e. The van der Waals surface area contributed by atoms with Crippen molar-refractivity contribution in [2.24, 2.45) is 0 Å². The summed E-state index contributed by atoms with van der Waals surface area (Å²) in [4.78, 5) is 0.950. The van der Waals surface area contributed by atoms with Gasteiger partial charge in [0.25, 0.3) is 10.0 Å². The molecule has 2 aromatic heterocycles. The smallest absolute Gasteiger partial charge is 0.250 e. The second kappa shape index (κ2) is 6.65. The molecule has 0 radical (unpaired) electrons. The first kappa shape index (κ1) is 16.1. The highest BCUT2D eigenvalue weighted by Gasteiger charge is 2.22. The van der Waals surface area contributed by atoms with Gasteiger partial charge in [-0.05, 0) is 26.0 Å². The lowest BCUT2D eigenvalue weighted by atomic mass is 10.3. The van der Waals surface area contributed by atoms with Crippen molar-refractivity contribution in [3.8, 4) is 0 Å². The van der Waals surface area contributed by atoms with E-state index in [1.54, 1.807) is 37.1 Å². The lowest BCUT2D eigenvalue weighted by Gasteiger charge is -2.14. The zero-order chi connectivity index (χ0) is 15.5. The highest BCUT2D eigenvalue weighted by atomic mass is 32.2. The van der Waals surface area contributed by atoms with Crippen LogP contribution < -0.4 is 4.72 Å². The fraction of sp³-hybridized carbons (Fsp3) is 0.500. The van der Waals surface area contributed by atoms with Gasteiger partial charge in [-0.3, -0.25) is 0 Å². The molecule has 2 heterocycles. The molecule has 0 aliphatic heterocycles. The molecule has 0 unspecified atom stereocenters. The SMILES string of the molecule is COCCn1cnnc1[C@@H](C)NS(=O)(=O)c1ccc(C)s1. The number of methoxy groups -OCH3 is 1. The van der Waals surface area contributed by atoms with Crippen LogP contribution in [0.25, 0.3) is 0 Å². The van der Waals surface area contributed by atoms with Gasteiger partial charge in [0, 0.05) is 18.5 Å². The topological polar surface area (TPSA) is 86.1 Å². The van der Waals surface area contributed by atoms with Crippen LogP contribution in [0.15, 0.2) is 22.7 Å². The molecule has 0 bridgehead atoms. The van der Waals surface area contributed by atoms with E-state index < -0.39 is 16.1 Å². The van der Waals surface area contributed by atoms with Crippen LogP contribution in [0.3, 0.4) is 0 Å². The third-order valence-electron chi connectivity index (χ3n) is 2.88. The lowest BCUT2D eigenvalue weighted by molar-refractivity contribution is 0.185. The third-order valence-corrected chi connectivity index (χ3v) is 5.91. The second-order valence-electron chi connectivity index (χ2n) is 4.58. The van der Waals surface area contributed by atoms with E-state index in [1.165, 1.54) is 11.3 Å². The second-order valence-corrected chi connectivity index (χ2v) is 7.81. The molecule has 21 heavy (non-hydrogen) atoms. The number of hydrogen-bond donors (Lipinski definition) is 1. The van der Waals surface area contributed by atoms with Gasteiger partial charge in [-0.2, -0.15) is 0 Å². The van der Waals surface area contributed by atoms with E-state index in [0.717, 1.165) is 4.88 Å². The number of nitrogens with zero attached hydrogens (tertiary/aromatic N) is 3. The minimum Gasteiger partial charge on any atom is -0.383 e. The maximum Gasteiger partial charge on any atom is 0.250 e. The normalized spacial score (nSPS) is 13.5. The van der Waals surface area contributed by atoms with Crippen LogP contribution in [0.5, 0.6) is 0 Å². The van der Waals surface area contributed by atoms with Crippen molar-refractivity contribution in [3.63, 3.8) is 0 Å². The number of nitrogens with one attached hydrogen (secondary N) is 1. The van der Waals surface area contributed by atoms with Gasteiger partial charge in [-0.25, -0.2) is 13.1 Å². The van der Waals surface area contributed by atoms with Crippen molar-refractivity contribution >= 4 is 21.4 Å². The molecule has 1 N–H and O–H groups in total. The summed E-state index contributed by atoms with van der Waals surface area (Å²) in [5.41, 5.74) is 0. The summed E-state index contributed by atoms with van der Waals surface area (Å²) in [6.07, 6.45) is 1.56. The maximum absolute atomic E-state index is 12.3. The van der Waals surface area contributed by atoms with Crippen LogP contribution in [0.2, 0.25) is 0 Å². The Bertz CT molecular complexity index is 693. The van der Waals surface area contributed by atoms with Crippen molar-refractivity contribution in [2.45, 2.75) is 30.6 Å². The first-order valence-electron chi connectivity index (χ1n) is 6.39. The van der Waals surface area contributed by atoms with E-state index in [2.05, 4.69) is 14.9 Å². The fourth-order valence-corrected chi connectivity index (χ4v) is 4.36. The average Bonchev–Trinajstić information content (AvgIpc) is 3.04. The van der Waals surface area contributed by atoms with Gasteiger partial charge in [0.2, 0.25) is 0 Å². The standard InChI is InChI=1S/C12H18N4O3S2/c1-9-4-5-11(20-9)21(17,18)15-10(2)12-14-13-8-16(12)6-7-19-3/h4-5,8,10,15H,6-7H2,1-3H3/t10-/m1/s1. The number of hydrogen-bond acceptors (Lipinski definition) is 6. The fourth-order valence-electron chi connectivity index (χ4n) is 1.86. The first-order valence-corrected chi connectivity index (χ1v) is 8.69. The summed E-state index contributed by atoms with van der Waals surface area (Å²) in [5.74, 6) is 0.559. The number of aryl methyl sites for hydroxylation is 1. The Balaban J connectivity index is 2.14. The van der Waals surface area contributed by atoms with Crippen LogP contribution in [-0.2, 0) is 21.3 Å². The van der Waals surface area contributed by atoms with Gasteiger partial charge < -0.3 is 9.30 Å². The highest BCUT2D eigenvalue weighted by molar-refractivity contribution is 7.91. The number of thiophene rings is 1. The van der Waals surface area contributed by atoms with Gasteiger partial charge in [0.1, 0.15) is 10.5 Å². The van der Waals surface area contributed by atoms with Crippen molar-refractivity contribution < 1.29 is 13.2 Å². The Hall–Kier alpha value is -1.29.